The molecule has 1 heterocycles. The van der Waals surface area contributed by atoms with Gasteiger partial charge in [0.25, 0.3) is 5.91 Å². The van der Waals surface area contributed by atoms with E-state index >= 15 is 0 Å². The Hall–Kier alpha value is -3.44. The first-order valence-corrected chi connectivity index (χ1v) is 11.3. The quantitative estimate of drug-likeness (QED) is 0.448. The van der Waals surface area contributed by atoms with Gasteiger partial charge in [0.15, 0.2) is 5.82 Å². The average Bonchev–Trinajstić information content (AvgIpc) is 3.26. The highest BCUT2D eigenvalue weighted by atomic mass is 32.2. The van der Waals surface area contributed by atoms with Crippen LogP contribution < -0.4 is 19.5 Å². The Morgan fingerprint density at radius 1 is 1.12 bits per heavy atom. The minimum Gasteiger partial charge on any atom is -0.497 e. The summed E-state index contributed by atoms with van der Waals surface area (Å²) in [6, 6.07) is 10.7. The Morgan fingerprint density at radius 3 is 2.47 bits per heavy atom. The molecule has 0 bridgehead atoms. The number of hydrogen-bond donors (Lipinski definition) is 3. The number of benzene rings is 2. The fourth-order valence-corrected chi connectivity index (χ4v) is 4.13. The van der Waals surface area contributed by atoms with Crippen molar-refractivity contribution in [2.45, 2.75) is 31.2 Å². The molecular weight excluding hydrogens is 434 g/mol. The number of carbonyl (C=O) groups is 1. The van der Waals surface area contributed by atoms with Gasteiger partial charge in [0.05, 0.1) is 24.7 Å². The van der Waals surface area contributed by atoms with E-state index < -0.39 is 15.9 Å². The molecule has 3 aromatic rings. The number of rotatable bonds is 9. The molecule has 10 nitrogen and oxygen atoms in total. The number of nitrogens with zero attached hydrogens (tertiary/aromatic N) is 2. The molecule has 0 saturated carbocycles. The van der Waals surface area contributed by atoms with Crippen molar-refractivity contribution in [2.75, 3.05) is 19.5 Å². The number of amides is 1. The van der Waals surface area contributed by atoms with Gasteiger partial charge < -0.3 is 9.47 Å². The Labute approximate surface area is 186 Å². The fourth-order valence-electron chi connectivity index (χ4n) is 2.81. The first-order chi connectivity index (χ1) is 15.3. The molecule has 0 aliphatic heterocycles. The van der Waals surface area contributed by atoms with Crippen LogP contribution >= 0.6 is 0 Å². The summed E-state index contributed by atoms with van der Waals surface area (Å²) in [7, 11) is -0.561. The highest BCUT2D eigenvalue weighted by Crippen LogP contribution is 2.31. The smallest absolute Gasteiger partial charge is 0.258 e. The molecule has 0 aliphatic rings. The number of anilines is 1. The van der Waals surface area contributed by atoms with Gasteiger partial charge in [-0.05, 0) is 49.7 Å². The topological polar surface area (TPSA) is 135 Å². The lowest BCUT2D eigenvalue weighted by Gasteiger charge is -2.12. The van der Waals surface area contributed by atoms with Gasteiger partial charge in [0.2, 0.25) is 16.0 Å². The predicted octanol–water partition coefficient (Wildman–Crippen LogP) is 2.82. The van der Waals surface area contributed by atoms with E-state index in [1.807, 2.05) is 6.92 Å². The second kappa shape index (κ2) is 9.79. The second-order valence-electron chi connectivity index (χ2n) is 6.98. The largest absolute Gasteiger partial charge is 0.497 e. The number of aromatic amines is 1. The number of H-pyrrole nitrogens is 1. The Bertz CT molecular complexity index is 1190. The van der Waals surface area contributed by atoms with Crippen molar-refractivity contribution in [3.8, 4) is 22.9 Å². The lowest BCUT2D eigenvalue weighted by molar-refractivity contribution is 0.102. The fraction of sp³-hybridized carbons (Fsp3) is 0.286. The van der Waals surface area contributed by atoms with Gasteiger partial charge in [0, 0.05) is 17.7 Å². The maximum absolute atomic E-state index is 12.5. The van der Waals surface area contributed by atoms with Crippen LogP contribution in [-0.4, -0.2) is 49.8 Å². The second-order valence-corrected chi connectivity index (χ2v) is 8.70. The van der Waals surface area contributed by atoms with E-state index in [4.69, 9.17) is 9.47 Å². The molecule has 2 aromatic carbocycles. The summed E-state index contributed by atoms with van der Waals surface area (Å²) in [5.74, 6) is 1.15. The molecule has 0 aliphatic carbocycles. The highest BCUT2D eigenvalue weighted by molar-refractivity contribution is 7.89. The van der Waals surface area contributed by atoms with Gasteiger partial charge >= 0.3 is 0 Å². The summed E-state index contributed by atoms with van der Waals surface area (Å²) >= 11 is 0. The Kier molecular flexibility index (Phi) is 7.11. The number of nitrogens with one attached hydrogen (secondary N) is 3. The van der Waals surface area contributed by atoms with Gasteiger partial charge in [-0.15, -0.1) is 5.10 Å². The maximum Gasteiger partial charge on any atom is 0.258 e. The van der Waals surface area contributed by atoms with E-state index in [1.54, 1.807) is 32.2 Å². The van der Waals surface area contributed by atoms with Crippen LogP contribution in [-0.2, 0) is 10.0 Å². The van der Waals surface area contributed by atoms with Crippen LogP contribution in [0, 0.1) is 0 Å². The number of sulfonamides is 1. The average molecular weight is 460 g/mol. The number of hydrogen-bond acceptors (Lipinski definition) is 7. The molecule has 1 aromatic heterocycles. The Balaban J connectivity index is 1.73. The third-order valence-corrected chi connectivity index (χ3v) is 6.38. The third-order valence-electron chi connectivity index (χ3n) is 4.77. The first kappa shape index (κ1) is 23.2. The number of methoxy groups -OCH3 is 2. The monoisotopic (exact) mass is 459 g/mol. The van der Waals surface area contributed by atoms with E-state index in [2.05, 4.69) is 25.2 Å². The highest BCUT2D eigenvalue weighted by Gasteiger charge is 2.18. The standard InChI is InChI=1S/C21H25N5O5S/c1-5-13(2)26-32(28,29)16-9-6-14(7-10-16)20(27)23-21-22-19(24-25-21)17-11-8-15(30-3)12-18(17)31-4/h6-13,26H,5H2,1-4H3,(H2,22,23,24,25,27). The van der Waals surface area contributed by atoms with Crippen LogP contribution in [0.2, 0.25) is 0 Å². The van der Waals surface area contributed by atoms with E-state index in [-0.39, 0.29) is 22.4 Å². The van der Waals surface area contributed by atoms with Crippen LogP contribution in [0.3, 0.4) is 0 Å². The van der Waals surface area contributed by atoms with Crippen LogP contribution in [0.5, 0.6) is 11.5 Å². The molecule has 3 N–H and O–H groups in total. The number of ether oxygens (including phenoxy) is 2. The van der Waals surface area contributed by atoms with Crippen molar-refractivity contribution in [1.29, 1.82) is 0 Å². The van der Waals surface area contributed by atoms with Crippen LogP contribution in [0.1, 0.15) is 30.6 Å². The number of aromatic nitrogens is 3. The van der Waals surface area contributed by atoms with Crippen molar-refractivity contribution in [3.05, 3.63) is 48.0 Å². The number of carbonyl (C=O) groups excluding carboxylic acids is 1. The summed E-state index contributed by atoms with van der Waals surface area (Å²) in [6.07, 6.45) is 0.667. The molecular formula is C21H25N5O5S. The van der Waals surface area contributed by atoms with Gasteiger partial charge in [-0.3, -0.25) is 15.2 Å². The zero-order valence-electron chi connectivity index (χ0n) is 18.2. The first-order valence-electron chi connectivity index (χ1n) is 9.86. The van der Waals surface area contributed by atoms with Crippen molar-refractivity contribution >= 4 is 21.9 Å². The van der Waals surface area contributed by atoms with E-state index in [9.17, 15) is 13.2 Å². The van der Waals surface area contributed by atoms with Crippen LogP contribution in [0.4, 0.5) is 5.95 Å². The molecule has 170 valence electrons. The van der Waals surface area contributed by atoms with Gasteiger partial charge in [0.1, 0.15) is 11.5 Å². The minimum absolute atomic E-state index is 0.0676. The van der Waals surface area contributed by atoms with Crippen molar-refractivity contribution in [1.82, 2.24) is 19.9 Å². The normalized spacial score (nSPS) is 12.2. The lowest BCUT2D eigenvalue weighted by atomic mass is 10.2. The summed E-state index contributed by atoms with van der Waals surface area (Å²) < 4.78 is 37.8. The zero-order chi connectivity index (χ0) is 23.3. The summed E-state index contributed by atoms with van der Waals surface area (Å²) in [5.41, 5.74) is 0.908. The molecule has 0 spiro atoms. The predicted molar refractivity (Wildman–Crippen MR) is 119 cm³/mol. The molecule has 1 unspecified atom stereocenters. The van der Waals surface area contributed by atoms with Gasteiger partial charge in [-0.25, -0.2) is 13.1 Å². The zero-order valence-corrected chi connectivity index (χ0v) is 19.0. The van der Waals surface area contributed by atoms with E-state index in [0.29, 0.717) is 29.3 Å². The van der Waals surface area contributed by atoms with Crippen LogP contribution in [0.25, 0.3) is 11.4 Å². The van der Waals surface area contributed by atoms with Crippen LogP contribution in [0.15, 0.2) is 47.4 Å². The third kappa shape index (κ3) is 5.24. The van der Waals surface area contributed by atoms with Gasteiger partial charge in [-0.2, -0.15) is 4.98 Å². The maximum atomic E-state index is 12.5. The van der Waals surface area contributed by atoms with E-state index in [0.717, 1.165) is 0 Å². The molecule has 0 fully saturated rings. The SMILES string of the molecule is CCC(C)NS(=O)(=O)c1ccc(C(=O)Nc2n[nH]c(-c3ccc(OC)cc3OC)n2)cc1. The lowest BCUT2D eigenvalue weighted by Crippen LogP contribution is -2.32. The summed E-state index contributed by atoms with van der Waals surface area (Å²) in [5, 5.41) is 9.36. The van der Waals surface area contributed by atoms with Crippen molar-refractivity contribution in [3.63, 3.8) is 0 Å². The minimum atomic E-state index is -3.64. The molecule has 3 rings (SSSR count). The summed E-state index contributed by atoms with van der Waals surface area (Å²) in [4.78, 5) is 16.9. The molecule has 0 saturated heterocycles. The summed E-state index contributed by atoms with van der Waals surface area (Å²) in [6.45, 7) is 3.67. The van der Waals surface area contributed by atoms with Crippen molar-refractivity contribution in [2.24, 2.45) is 0 Å². The van der Waals surface area contributed by atoms with Crippen molar-refractivity contribution < 1.29 is 22.7 Å². The molecule has 32 heavy (non-hydrogen) atoms. The molecule has 0 radical (unpaired) electrons. The molecule has 1 amide bonds. The van der Waals surface area contributed by atoms with E-state index in [1.165, 1.54) is 31.4 Å². The van der Waals surface area contributed by atoms with Gasteiger partial charge in [-0.1, -0.05) is 6.92 Å². The molecule has 1 atom stereocenters. The molecule has 11 heteroatoms. The Morgan fingerprint density at radius 2 is 1.84 bits per heavy atom.